The van der Waals surface area contributed by atoms with Gasteiger partial charge in [0, 0.05) is 32.7 Å². The Morgan fingerprint density at radius 3 is 2.19 bits per heavy atom. The van der Waals surface area contributed by atoms with Gasteiger partial charge in [-0.25, -0.2) is 9.69 Å². The highest BCUT2D eigenvalue weighted by molar-refractivity contribution is 6.44. The standard InChI is InChI=1S/C18H24N4O4/c1-3-21-16(23)17(24)22(18(21)25)13-19-9-11-20(12-10-19)14-7-5-6-8-15(14)26-4-2/h5-8H,3-4,9-13H2,1-2H3. The van der Waals surface area contributed by atoms with Gasteiger partial charge >= 0.3 is 17.8 Å². The molecule has 0 bridgehead atoms. The van der Waals surface area contributed by atoms with Crippen LogP contribution >= 0.6 is 0 Å². The minimum absolute atomic E-state index is 0.154. The second-order valence-corrected chi connectivity index (χ2v) is 6.21. The molecule has 3 rings (SSSR count). The minimum atomic E-state index is -0.735. The Bertz CT molecular complexity index is 700. The van der Waals surface area contributed by atoms with Crippen LogP contribution in [0.5, 0.6) is 5.75 Å². The van der Waals surface area contributed by atoms with Crippen LogP contribution < -0.4 is 9.64 Å². The highest BCUT2D eigenvalue weighted by Gasteiger charge is 2.44. The topological polar surface area (TPSA) is 73.4 Å². The third-order valence-corrected chi connectivity index (χ3v) is 4.67. The molecule has 2 aliphatic heterocycles. The van der Waals surface area contributed by atoms with Crippen molar-refractivity contribution in [1.29, 1.82) is 0 Å². The van der Waals surface area contributed by atoms with Gasteiger partial charge in [-0.2, -0.15) is 0 Å². The number of benzene rings is 1. The van der Waals surface area contributed by atoms with Crippen molar-refractivity contribution in [2.75, 3.05) is 50.9 Å². The van der Waals surface area contributed by atoms with E-state index in [1.54, 1.807) is 6.92 Å². The summed E-state index contributed by atoms with van der Waals surface area (Å²) in [6.07, 6.45) is 0. The molecule has 2 heterocycles. The van der Waals surface area contributed by atoms with Crippen LogP contribution in [0, 0.1) is 0 Å². The number of imide groups is 2. The molecule has 0 radical (unpaired) electrons. The summed E-state index contributed by atoms with van der Waals surface area (Å²) < 4.78 is 5.69. The van der Waals surface area contributed by atoms with E-state index >= 15 is 0 Å². The average Bonchev–Trinajstić information content (AvgIpc) is 2.86. The van der Waals surface area contributed by atoms with Crippen molar-refractivity contribution in [2.45, 2.75) is 13.8 Å². The number of nitrogens with zero attached hydrogens (tertiary/aromatic N) is 4. The Labute approximate surface area is 152 Å². The van der Waals surface area contributed by atoms with Crippen LogP contribution in [0.15, 0.2) is 24.3 Å². The Morgan fingerprint density at radius 1 is 0.923 bits per heavy atom. The minimum Gasteiger partial charge on any atom is -0.492 e. The number of hydrogen-bond acceptors (Lipinski definition) is 6. The van der Waals surface area contributed by atoms with Gasteiger partial charge in [-0.15, -0.1) is 0 Å². The number of carbonyl (C=O) groups is 3. The predicted octanol–water partition coefficient (Wildman–Crippen LogP) is 0.975. The summed E-state index contributed by atoms with van der Waals surface area (Å²) in [7, 11) is 0. The van der Waals surface area contributed by atoms with Crippen LogP contribution in [-0.2, 0) is 9.59 Å². The maximum Gasteiger partial charge on any atom is 0.335 e. The highest BCUT2D eigenvalue weighted by Crippen LogP contribution is 2.28. The lowest BCUT2D eigenvalue weighted by Crippen LogP contribution is -2.51. The van der Waals surface area contributed by atoms with Gasteiger partial charge < -0.3 is 9.64 Å². The molecule has 0 saturated carbocycles. The summed E-state index contributed by atoms with van der Waals surface area (Å²) in [4.78, 5) is 42.3. The number of amides is 4. The molecule has 8 heteroatoms. The zero-order valence-electron chi connectivity index (χ0n) is 15.2. The molecule has 0 N–H and O–H groups in total. The molecule has 2 fully saturated rings. The number of anilines is 1. The average molecular weight is 360 g/mol. The van der Waals surface area contributed by atoms with Gasteiger partial charge in [-0.05, 0) is 26.0 Å². The summed E-state index contributed by atoms with van der Waals surface area (Å²) >= 11 is 0. The summed E-state index contributed by atoms with van der Waals surface area (Å²) in [5, 5.41) is 0. The number of para-hydroxylation sites is 2. The van der Waals surface area contributed by atoms with Gasteiger partial charge in [0.15, 0.2) is 0 Å². The van der Waals surface area contributed by atoms with Gasteiger partial charge in [0.25, 0.3) is 0 Å². The van der Waals surface area contributed by atoms with Crippen molar-refractivity contribution in [3.8, 4) is 5.75 Å². The first-order valence-corrected chi connectivity index (χ1v) is 8.93. The number of carbonyl (C=O) groups excluding carboxylic acids is 3. The molecule has 1 aromatic rings. The molecule has 8 nitrogen and oxygen atoms in total. The van der Waals surface area contributed by atoms with Crippen molar-refractivity contribution in [2.24, 2.45) is 0 Å². The lowest BCUT2D eigenvalue weighted by Gasteiger charge is -2.37. The second kappa shape index (κ2) is 7.74. The van der Waals surface area contributed by atoms with Crippen LogP contribution in [0.4, 0.5) is 10.5 Å². The Kier molecular flexibility index (Phi) is 5.41. The predicted molar refractivity (Wildman–Crippen MR) is 95.9 cm³/mol. The Hall–Kier alpha value is -2.61. The fourth-order valence-electron chi connectivity index (χ4n) is 3.28. The first kappa shape index (κ1) is 18.2. The normalized spacial score (nSPS) is 18.8. The first-order valence-electron chi connectivity index (χ1n) is 8.93. The molecule has 2 aliphatic rings. The SMILES string of the molecule is CCOc1ccccc1N1CCN(CN2C(=O)C(=O)N(CC)C2=O)CC1. The van der Waals surface area contributed by atoms with E-state index in [1.807, 2.05) is 36.1 Å². The number of piperazine rings is 1. The molecule has 0 aromatic heterocycles. The third-order valence-electron chi connectivity index (χ3n) is 4.67. The molecule has 0 spiro atoms. The number of hydrogen-bond donors (Lipinski definition) is 0. The van der Waals surface area contributed by atoms with Crippen molar-refractivity contribution >= 4 is 23.5 Å². The van der Waals surface area contributed by atoms with Crippen molar-refractivity contribution in [1.82, 2.24) is 14.7 Å². The first-order chi connectivity index (χ1) is 12.6. The van der Waals surface area contributed by atoms with E-state index in [0.717, 1.165) is 34.3 Å². The van der Waals surface area contributed by atoms with Gasteiger partial charge in [-0.3, -0.25) is 19.4 Å². The van der Waals surface area contributed by atoms with E-state index in [0.29, 0.717) is 19.7 Å². The maximum atomic E-state index is 12.2. The fourth-order valence-corrected chi connectivity index (χ4v) is 3.28. The van der Waals surface area contributed by atoms with E-state index in [1.165, 1.54) is 0 Å². The number of rotatable bonds is 6. The van der Waals surface area contributed by atoms with Crippen molar-refractivity contribution in [3.05, 3.63) is 24.3 Å². The van der Waals surface area contributed by atoms with E-state index in [4.69, 9.17) is 4.74 Å². The molecule has 0 aliphatic carbocycles. The summed E-state index contributed by atoms with van der Waals surface area (Å²) in [6.45, 7) is 7.51. The molecule has 4 amide bonds. The molecule has 0 atom stereocenters. The molecule has 2 saturated heterocycles. The number of likely N-dealkylation sites (N-methyl/N-ethyl adjacent to an activating group) is 1. The van der Waals surface area contributed by atoms with Gasteiger partial charge in [-0.1, -0.05) is 12.1 Å². The highest BCUT2D eigenvalue weighted by atomic mass is 16.5. The van der Waals surface area contributed by atoms with Crippen LogP contribution in [0.2, 0.25) is 0 Å². The van der Waals surface area contributed by atoms with E-state index in [9.17, 15) is 14.4 Å². The lowest BCUT2D eigenvalue weighted by molar-refractivity contribution is -0.143. The zero-order chi connectivity index (χ0) is 18.7. The zero-order valence-corrected chi connectivity index (χ0v) is 15.2. The fraction of sp³-hybridized carbons (Fsp3) is 0.500. The molecule has 26 heavy (non-hydrogen) atoms. The van der Waals surface area contributed by atoms with Crippen LogP contribution in [0.3, 0.4) is 0 Å². The number of ether oxygens (including phenoxy) is 1. The lowest BCUT2D eigenvalue weighted by atomic mass is 10.2. The Morgan fingerprint density at radius 2 is 1.58 bits per heavy atom. The van der Waals surface area contributed by atoms with Gasteiger partial charge in [0.05, 0.1) is 19.0 Å². The van der Waals surface area contributed by atoms with Crippen molar-refractivity contribution in [3.63, 3.8) is 0 Å². The molecular weight excluding hydrogens is 336 g/mol. The largest absolute Gasteiger partial charge is 0.492 e. The Balaban J connectivity index is 1.60. The third kappa shape index (κ3) is 3.37. The van der Waals surface area contributed by atoms with E-state index < -0.39 is 17.8 Å². The quantitative estimate of drug-likeness (QED) is 0.556. The molecule has 0 unspecified atom stereocenters. The smallest absolute Gasteiger partial charge is 0.335 e. The summed E-state index contributed by atoms with van der Waals surface area (Å²) in [6, 6.07) is 7.40. The van der Waals surface area contributed by atoms with Gasteiger partial charge in [0.1, 0.15) is 5.75 Å². The molecule has 1 aromatic carbocycles. The molecular formula is C18H24N4O4. The van der Waals surface area contributed by atoms with Crippen LogP contribution in [0.25, 0.3) is 0 Å². The van der Waals surface area contributed by atoms with Gasteiger partial charge in [0.2, 0.25) is 0 Å². The second-order valence-electron chi connectivity index (χ2n) is 6.21. The van der Waals surface area contributed by atoms with Crippen LogP contribution in [0.1, 0.15) is 13.8 Å². The maximum absolute atomic E-state index is 12.2. The number of urea groups is 1. The van der Waals surface area contributed by atoms with Crippen molar-refractivity contribution < 1.29 is 19.1 Å². The summed E-state index contributed by atoms with van der Waals surface area (Å²) in [5.41, 5.74) is 1.05. The van der Waals surface area contributed by atoms with E-state index in [-0.39, 0.29) is 13.2 Å². The van der Waals surface area contributed by atoms with Crippen LogP contribution in [-0.4, -0.2) is 78.5 Å². The van der Waals surface area contributed by atoms with E-state index in [2.05, 4.69) is 4.90 Å². The monoisotopic (exact) mass is 360 g/mol. The molecule has 140 valence electrons. The summed E-state index contributed by atoms with van der Waals surface area (Å²) in [5.74, 6) is -0.611.